The van der Waals surface area contributed by atoms with Crippen molar-refractivity contribution < 1.29 is 4.74 Å². The number of anilines is 1. The Balaban J connectivity index is 1.36. The van der Waals surface area contributed by atoms with Crippen molar-refractivity contribution in [2.75, 3.05) is 18.1 Å². The average Bonchev–Trinajstić information content (AvgIpc) is 3.35. The van der Waals surface area contributed by atoms with Gasteiger partial charge in [-0.2, -0.15) is 0 Å². The SMILES string of the molecule is C1=CC2=C(OC[C@H]3CCCN3c3ncnc4nc[nH]c34)C=CCC2N=C1. The van der Waals surface area contributed by atoms with Gasteiger partial charge in [0.15, 0.2) is 11.5 Å². The molecular formula is C19H20N6O. The number of nitrogens with one attached hydrogen (secondary N) is 1. The molecule has 1 unspecified atom stereocenters. The molecule has 1 saturated heterocycles. The Morgan fingerprint density at radius 2 is 2.23 bits per heavy atom. The number of aromatic nitrogens is 4. The fourth-order valence-electron chi connectivity index (χ4n) is 3.90. The van der Waals surface area contributed by atoms with E-state index in [1.807, 2.05) is 12.3 Å². The zero-order chi connectivity index (χ0) is 17.3. The fourth-order valence-corrected chi connectivity index (χ4v) is 3.90. The molecule has 7 heteroatoms. The van der Waals surface area contributed by atoms with Crippen LogP contribution in [0.2, 0.25) is 0 Å². The number of aliphatic imine (C=N–C) groups is 1. The van der Waals surface area contributed by atoms with Crippen molar-refractivity contribution in [3.8, 4) is 0 Å². The molecule has 1 aliphatic carbocycles. The van der Waals surface area contributed by atoms with Gasteiger partial charge >= 0.3 is 0 Å². The molecule has 132 valence electrons. The molecule has 4 heterocycles. The van der Waals surface area contributed by atoms with Gasteiger partial charge < -0.3 is 14.6 Å². The van der Waals surface area contributed by atoms with E-state index in [0.717, 1.165) is 42.9 Å². The summed E-state index contributed by atoms with van der Waals surface area (Å²) < 4.78 is 6.24. The molecule has 0 spiro atoms. The summed E-state index contributed by atoms with van der Waals surface area (Å²) in [7, 11) is 0. The van der Waals surface area contributed by atoms with E-state index in [-0.39, 0.29) is 12.1 Å². The molecule has 5 rings (SSSR count). The van der Waals surface area contributed by atoms with Crippen LogP contribution >= 0.6 is 0 Å². The second-order valence-electron chi connectivity index (χ2n) is 6.73. The highest BCUT2D eigenvalue weighted by Gasteiger charge is 2.29. The summed E-state index contributed by atoms with van der Waals surface area (Å²) in [6.45, 7) is 1.60. The van der Waals surface area contributed by atoms with Crippen LogP contribution in [0.3, 0.4) is 0 Å². The van der Waals surface area contributed by atoms with E-state index in [1.165, 1.54) is 5.57 Å². The van der Waals surface area contributed by atoms with Crippen LogP contribution in [0.4, 0.5) is 5.82 Å². The lowest BCUT2D eigenvalue weighted by molar-refractivity contribution is 0.200. The standard InChI is InChI=1S/C19H20N6O/c1-6-15-14(5-2-8-20-15)16(7-1)26-10-13-4-3-9-25(13)19-17-18(22-11-21-17)23-12-24-19/h1-2,5,7-8,11-13,15H,3-4,6,9-10H2,(H,21,22,23,24)/t13-,15?/m1/s1. The van der Waals surface area contributed by atoms with Crippen molar-refractivity contribution >= 4 is 23.2 Å². The summed E-state index contributed by atoms with van der Waals surface area (Å²) in [6, 6.07) is 0.487. The summed E-state index contributed by atoms with van der Waals surface area (Å²) in [5, 5.41) is 0. The van der Waals surface area contributed by atoms with Gasteiger partial charge in [-0.1, -0.05) is 12.2 Å². The smallest absolute Gasteiger partial charge is 0.182 e. The summed E-state index contributed by atoms with van der Waals surface area (Å²) in [5.41, 5.74) is 2.77. The third-order valence-corrected chi connectivity index (χ3v) is 5.18. The second kappa shape index (κ2) is 6.40. The van der Waals surface area contributed by atoms with Crippen LogP contribution in [0, 0.1) is 0 Å². The van der Waals surface area contributed by atoms with Gasteiger partial charge in [0, 0.05) is 18.3 Å². The average molecular weight is 348 g/mol. The summed E-state index contributed by atoms with van der Waals surface area (Å²) >= 11 is 0. The number of imidazole rings is 1. The maximum absolute atomic E-state index is 6.24. The topological polar surface area (TPSA) is 79.3 Å². The summed E-state index contributed by atoms with van der Waals surface area (Å²) in [4.78, 5) is 23.0. The third-order valence-electron chi connectivity index (χ3n) is 5.18. The van der Waals surface area contributed by atoms with Crippen LogP contribution in [-0.4, -0.2) is 51.4 Å². The Morgan fingerprint density at radius 1 is 1.23 bits per heavy atom. The van der Waals surface area contributed by atoms with Crippen molar-refractivity contribution in [1.29, 1.82) is 0 Å². The van der Waals surface area contributed by atoms with Gasteiger partial charge in [0.25, 0.3) is 0 Å². The van der Waals surface area contributed by atoms with E-state index in [4.69, 9.17) is 4.74 Å². The first kappa shape index (κ1) is 15.3. The number of H-pyrrole nitrogens is 1. The molecule has 0 aromatic carbocycles. The van der Waals surface area contributed by atoms with Crippen LogP contribution in [0.15, 0.2) is 53.3 Å². The fraction of sp³-hybridized carbons (Fsp3) is 0.368. The molecule has 1 fully saturated rings. The van der Waals surface area contributed by atoms with Crippen LogP contribution in [0.1, 0.15) is 19.3 Å². The van der Waals surface area contributed by atoms with E-state index >= 15 is 0 Å². The largest absolute Gasteiger partial charge is 0.491 e. The Morgan fingerprint density at radius 3 is 3.23 bits per heavy atom. The molecular weight excluding hydrogens is 328 g/mol. The number of nitrogens with zero attached hydrogens (tertiary/aromatic N) is 5. The van der Waals surface area contributed by atoms with Crippen LogP contribution in [-0.2, 0) is 4.74 Å². The molecule has 2 aliphatic heterocycles. The number of allylic oxidation sites excluding steroid dienone is 2. The Hall–Kier alpha value is -2.96. The number of ether oxygens (including phenoxy) is 1. The molecule has 1 N–H and O–H groups in total. The Bertz CT molecular complexity index is 940. The van der Waals surface area contributed by atoms with E-state index in [2.05, 4.69) is 48.1 Å². The number of fused-ring (bicyclic) bond motifs is 2. The predicted molar refractivity (Wildman–Crippen MR) is 100 cm³/mol. The van der Waals surface area contributed by atoms with Crippen LogP contribution < -0.4 is 4.90 Å². The molecule has 7 nitrogen and oxygen atoms in total. The number of hydrogen-bond acceptors (Lipinski definition) is 6. The highest BCUT2D eigenvalue weighted by molar-refractivity contribution is 5.83. The quantitative estimate of drug-likeness (QED) is 0.919. The number of aromatic amines is 1. The van der Waals surface area contributed by atoms with Gasteiger partial charge in [-0.05, 0) is 31.4 Å². The first-order valence-electron chi connectivity index (χ1n) is 9.04. The lowest BCUT2D eigenvalue weighted by Gasteiger charge is -2.28. The molecule has 2 atom stereocenters. The molecule has 26 heavy (non-hydrogen) atoms. The Kier molecular flexibility index (Phi) is 3.77. The lowest BCUT2D eigenvalue weighted by atomic mass is 9.96. The molecule has 0 radical (unpaired) electrons. The van der Waals surface area contributed by atoms with Crippen molar-refractivity contribution in [1.82, 2.24) is 19.9 Å². The minimum Gasteiger partial charge on any atom is -0.491 e. The van der Waals surface area contributed by atoms with Gasteiger partial charge in [0.2, 0.25) is 0 Å². The maximum Gasteiger partial charge on any atom is 0.182 e. The lowest BCUT2D eigenvalue weighted by Crippen LogP contribution is -2.34. The summed E-state index contributed by atoms with van der Waals surface area (Å²) in [6.07, 6.45) is 16.6. The van der Waals surface area contributed by atoms with E-state index in [9.17, 15) is 0 Å². The molecule has 0 amide bonds. The highest BCUT2D eigenvalue weighted by atomic mass is 16.5. The Labute approximate surface area is 151 Å². The van der Waals surface area contributed by atoms with Crippen molar-refractivity contribution in [2.24, 2.45) is 4.99 Å². The predicted octanol–water partition coefficient (Wildman–Crippen LogP) is 2.56. The maximum atomic E-state index is 6.24. The minimum absolute atomic E-state index is 0.200. The third kappa shape index (κ3) is 2.60. The summed E-state index contributed by atoms with van der Waals surface area (Å²) in [5.74, 6) is 1.85. The van der Waals surface area contributed by atoms with Crippen LogP contribution in [0.5, 0.6) is 0 Å². The van der Waals surface area contributed by atoms with E-state index in [1.54, 1.807) is 12.7 Å². The zero-order valence-electron chi connectivity index (χ0n) is 14.4. The van der Waals surface area contributed by atoms with Crippen molar-refractivity contribution in [2.45, 2.75) is 31.3 Å². The van der Waals surface area contributed by atoms with Crippen molar-refractivity contribution in [3.63, 3.8) is 0 Å². The van der Waals surface area contributed by atoms with E-state index < -0.39 is 0 Å². The van der Waals surface area contributed by atoms with Gasteiger partial charge in [-0.15, -0.1) is 0 Å². The van der Waals surface area contributed by atoms with Gasteiger partial charge in [0.1, 0.15) is 24.2 Å². The van der Waals surface area contributed by atoms with E-state index in [0.29, 0.717) is 12.3 Å². The van der Waals surface area contributed by atoms with Crippen LogP contribution in [0.25, 0.3) is 11.2 Å². The molecule has 2 aromatic heterocycles. The number of dihydropyridines is 1. The van der Waals surface area contributed by atoms with Crippen molar-refractivity contribution in [3.05, 3.63) is 48.3 Å². The van der Waals surface area contributed by atoms with Gasteiger partial charge in [0.05, 0.1) is 18.4 Å². The minimum atomic E-state index is 0.200. The molecule has 0 bridgehead atoms. The first-order chi connectivity index (χ1) is 12.9. The van der Waals surface area contributed by atoms with Gasteiger partial charge in [-0.25, -0.2) is 15.0 Å². The highest BCUT2D eigenvalue weighted by Crippen LogP contribution is 2.30. The zero-order valence-corrected chi connectivity index (χ0v) is 14.4. The molecule has 0 saturated carbocycles. The normalized spacial score (nSPS) is 24.5. The number of rotatable bonds is 4. The second-order valence-corrected chi connectivity index (χ2v) is 6.73. The monoisotopic (exact) mass is 348 g/mol. The van der Waals surface area contributed by atoms with Gasteiger partial charge in [-0.3, -0.25) is 4.99 Å². The molecule has 2 aromatic rings. The molecule has 3 aliphatic rings. The number of hydrogen-bond donors (Lipinski definition) is 1. The first-order valence-corrected chi connectivity index (χ1v) is 9.04.